The van der Waals surface area contributed by atoms with Gasteiger partial charge >= 0.3 is 0 Å². The molecule has 0 radical (unpaired) electrons. The molecule has 0 aliphatic carbocycles. The highest BCUT2D eigenvalue weighted by atomic mass is 16.5. The molecular formula is C17H30N2O2. The van der Waals surface area contributed by atoms with E-state index in [0.29, 0.717) is 12.0 Å². The molecule has 0 aromatic carbocycles. The molecule has 3 saturated heterocycles. The first-order valence-electron chi connectivity index (χ1n) is 8.95. The summed E-state index contributed by atoms with van der Waals surface area (Å²) < 4.78 is 5.83. The second-order valence-electron chi connectivity index (χ2n) is 6.95. The van der Waals surface area contributed by atoms with E-state index in [-0.39, 0.29) is 5.92 Å². The number of carbonyl (C=O) groups is 1. The average molecular weight is 294 g/mol. The Morgan fingerprint density at radius 3 is 2.33 bits per heavy atom. The largest absolute Gasteiger partial charge is 0.377 e. The van der Waals surface area contributed by atoms with Gasteiger partial charge in [0.25, 0.3) is 0 Å². The van der Waals surface area contributed by atoms with Gasteiger partial charge in [0.05, 0.1) is 6.10 Å². The van der Waals surface area contributed by atoms with Crippen molar-refractivity contribution >= 4 is 5.91 Å². The summed E-state index contributed by atoms with van der Waals surface area (Å²) in [5, 5.41) is 0. The van der Waals surface area contributed by atoms with Gasteiger partial charge in [-0.05, 0) is 64.5 Å². The summed E-state index contributed by atoms with van der Waals surface area (Å²) in [5.74, 6) is 0.717. The van der Waals surface area contributed by atoms with Crippen LogP contribution in [-0.2, 0) is 9.53 Å². The standard InChI is InChI=1S/C17H30N2O2/c20-17(19-9-3-1-4-10-19)15-7-11-18(12-8-15)14-16-6-2-5-13-21-16/h15-16H,1-14H2. The van der Waals surface area contributed by atoms with E-state index in [1.165, 1.54) is 38.5 Å². The van der Waals surface area contributed by atoms with Gasteiger partial charge in [0, 0.05) is 32.2 Å². The monoisotopic (exact) mass is 294 g/mol. The van der Waals surface area contributed by atoms with Crippen LogP contribution < -0.4 is 0 Å². The van der Waals surface area contributed by atoms with Crippen molar-refractivity contribution in [3.05, 3.63) is 0 Å². The first-order valence-corrected chi connectivity index (χ1v) is 8.95. The second kappa shape index (κ2) is 7.59. The van der Waals surface area contributed by atoms with Gasteiger partial charge in [-0.15, -0.1) is 0 Å². The van der Waals surface area contributed by atoms with Crippen molar-refractivity contribution in [2.75, 3.05) is 39.3 Å². The van der Waals surface area contributed by atoms with Crippen LogP contribution in [0.25, 0.3) is 0 Å². The van der Waals surface area contributed by atoms with E-state index in [9.17, 15) is 4.79 Å². The normalized spacial score (nSPS) is 29.5. The van der Waals surface area contributed by atoms with E-state index in [0.717, 1.165) is 52.2 Å². The molecule has 4 heteroatoms. The van der Waals surface area contributed by atoms with E-state index in [1.807, 2.05) is 0 Å². The number of amides is 1. The highest BCUT2D eigenvalue weighted by Gasteiger charge is 2.30. The fourth-order valence-electron chi connectivity index (χ4n) is 3.97. The van der Waals surface area contributed by atoms with E-state index in [4.69, 9.17) is 4.74 Å². The molecule has 0 aromatic heterocycles. The van der Waals surface area contributed by atoms with E-state index in [2.05, 4.69) is 9.80 Å². The van der Waals surface area contributed by atoms with Gasteiger partial charge < -0.3 is 14.5 Å². The molecule has 3 aliphatic rings. The zero-order valence-electron chi connectivity index (χ0n) is 13.3. The Labute approximate surface area is 128 Å². The molecule has 1 atom stereocenters. The van der Waals surface area contributed by atoms with Crippen molar-refractivity contribution in [2.24, 2.45) is 5.92 Å². The number of rotatable bonds is 3. The van der Waals surface area contributed by atoms with Crippen molar-refractivity contribution in [1.82, 2.24) is 9.80 Å². The molecule has 21 heavy (non-hydrogen) atoms. The van der Waals surface area contributed by atoms with Crippen LogP contribution >= 0.6 is 0 Å². The molecule has 0 spiro atoms. The molecule has 3 aliphatic heterocycles. The number of carbonyl (C=O) groups excluding carboxylic acids is 1. The Bertz CT molecular complexity index is 328. The lowest BCUT2D eigenvalue weighted by atomic mass is 9.94. The van der Waals surface area contributed by atoms with Gasteiger partial charge in [-0.25, -0.2) is 0 Å². The number of ether oxygens (including phenoxy) is 1. The van der Waals surface area contributed by atoms with Crippen LogP contribution in [0.3, 0.4) is 0 Å². The van der Waals surface area contributed by atoms with Crippen molar-refractivity contribution < 1.29 is 9.53 Å². The maximum absolute atomic E-state index is 12.5. The highest BCUT2D eigenvalue weighted by molar-refractivity contribution is 5.79. The van der Waals surface area contributed by atoms with Gasteiger partial charge in [0.15, 0.2) is 0 Å². The number of nitrogens with zero attached hydrogens (tertiary/aromatic N) is 2. The van der Waals surface area contributed by atoms with Crippen LogP contribution in [0, 0.1) is 5.92 Å². The average Bonchev–Trinajstić information content (AvgIpc) is 2.57. The third-order valence-corrected chi connectivity index (χ3v) is 5.34. The third kappa shape index (κ3) is 4.19. The minimum atomic E-state index is 0.284. The Balaban J connectivity index is 1.40. The van der Waals surface area contributed by atoms with Crippen LogP contribution in [-0.4, -0.2) is 61.1 Å². The molecule has 3 heterocycles. The number of hydrogen-bond acceptors (Lipinski definition) is 3. The molecule has 4 nitrogen and oxygen atoms in total. The summed E-state index contributed by atoms with van der Waals surface area (Å²) in [6, 6.07) is 0. The van der Waals surface area contributed by atoms with Crippen LogP contribution in [0.2, 0.25) is 0 Å². The summed E-state index contributed by atoms with van der Waals surface area (Å²) >= 11 is 0. The fraction of sp³-hybridized carbons (Fsp3) is 0.941. The smallest absolute Gasteiger partial charge is 0.225 e. The van der Waals surface area contributed by atoms with Crippen LogP contribution in [0.5, 0.6) is 0 Å². The third-order valence-electron chi connectivity index (χ3n) is 5.34. The highest BCUT2D eigenvalue weighted by Crippen LogP contribution is 2.23. The molecule has 0 aromatic rings. The van der Waals surface area contributed by atoms with Crippen molar-refractivity contribution in [3.63, 3.8) is 0 Å². The van der Waals surface area contributed by atoms with Gasteiger partial charge in [0.1, 0.15) is 0 Å². The quantitative estimate of drug-likeness (QED) is 0.800. The Hall–Kier alpha value is -0.610. The maximum atomic E-state index is 12.5. The molecule has 0 saturated carbocycles. The summed E-state index contributed by atoms with van der Waals surface area (Å²) in [5.41, 5.74) is 0. The second-order valence-corrected chi connectivity index (χ2v) is 6.95. The zero-order valence-corrected chi connectivity index (χ0v) is 13.3. The van der Waals surface area contributed by atoms with Crippen LogP contribution in [0.4, 0.5) is 0 Å². The predicted octanol–water partition coefficient (Wildman–Crippen LogP) is 2.28. The molecule has 0 bridgehead atoms. The molecule has 120 valence electrons. The first-order chi connectivity index (χ1) is 10.3. The van der Waals surface area contributed by atoms with E-state index < -0.39 is 0 Å². The SMILES string of the molecule is O=C(C1CCN(CC2CCCCO2)CC1)N1CCCCC1. The van der Waals surface area contributed by atoms with Gasteiger partial charge in [-0.1, -0.05) is 0 Å². The molecule has 0 N–H and O–H groups in total. The van der Waals surface area contributed by atoms with Crippen molar-refractivity contribution in [1.29, 1.82) is 0 Å². The van der Waals surface area contributed by atoms with Crippen molar-refractivity contribution in [3.8, 4) is 0 Å². The Morgan fingerprint density at radius 1 is 0.905 bits per heavy atom. The summed E-state index contributed by atoms with van der Waals surface area (Å²) in [4.78, 5) is 17.2. The Kier molecular flexibility index (Phi) is 5.53. The summed E-state index contributed by atoms with van der Waals surface area (Å²) in [7, 11) is 0. The zero-order chi connectivity index (χ0) is 14.5. The number of likely N-dealkylation sites (tertiary alicyclic amines) is 2. The number of hydrogen-bond donors (Lipinski definition) is 0. The predicted molar refractivity (Wildman–Crippen MR) is 83.2 cm³/mol. The Morgan fingerprint density at radius 2 is 1.67 bits per heavy atom. The minimum Gasteiger partial charge on any atom is -0.377 e. The molecule has 3 rings (SSSR count). The lowest BCUT2D eigenvalue weighted by Gasteiger charge is -2.37. The number of piperidine rings is 2. The maximum Gasteiger partial charge on any atom is 0.225 e. The lowest BCUT2D eigenvalue weighted by Crippen LogP contribution is -2.46. The van der Waals surface area contributed by atoms with Gasteiger partial charge in [-0.3, -0.25) is 4.79 Å². The topological polar surface area (TPSA) is 32.8 Å². The van der Waals surface area contributed by atoms with E-state index >= 15 is 0 Å². The van der Waals surface area contributed by atoms with Crippen molar-refractivity contribution in [2.45, 2.75) is 57.5 Å². The van der Waals surface area contributed by atoms with Crippen LogP contribution in [0.1, 0.15) is 51.4 Å². The molecule has 1 unspecified atom stereocenters. The fourth-order valence-corrected chi connectivity index (χ4v) is 3.97. The minimum absolute atomic E-state index is 0.284. The summed E-state index contributed by atoms with van der Waals surface area (Å²) in [6.07, 6.45) is 9.97. The molecule has 1 amide bonds. The lowest BCUT2D eigenvalue weighted by molar-refractivity contribution is -0.138. The summed E-state index contributed by atoms with van der Waals surface area (Å²) in [6.45, 7) is 6.15. The first kappa shape index (κ1) is 15.3. The van der Waals surface area contributed by atoms with Gasteiger partial charge in [0.2, 0.25) is 5.91 Å². The van der Waals surface area contributed by atoms with E-state index in [1.54, 1.807) is 0 Å². The van der Waals surface area contributed by atoms with Crippen LogP contribution in [0.15, 0.2) is 0 Å². The van der Waals surface area contributed by atoms with Gasteiger partial charge in [-0.2, -0.15) is 0 Å². The molecular weight excluding hydrogens is 264 g/mol. The molecule has 3 fully saturated rings.